The molecule has 0 radical (unpaired) electrons. The lowest BCUT2D eigenvalue weighted by atomic mass is 10.5. The number of thioether (sulfide) groups is 1. The average molecular weight is 230 g/mol. The van der Waals surface area contributed by atoms with Gasteiger partial charge >= 0.3 is 11.7 Å². The topological polar surface area (TPSA) is 92.0 Å². The van der Waals surface area contributed by atoms with Crippen LogP contribution in [0, 0.1) is 0 Å². The van der Waals surface area contributed by atoms with Gasteiger partial charge in [0.2, 0.25) is 0 Å². The van der Waals surface area contributed by atoms with Crippen LogP contribution in [0.2, 0.25) is 0 Å². The number of hydrogen-bond donors (Lipinski definition) is 2. The number of methoxy groups -OCH3 is 1. The minimum Gasteiger partial charge on any atom is -0.469 e. The van der Waals surface area contributed by atoms with Crippen molar-refractivity contribution in [3.05, 3.63) is 27.0 Å². The predicted molar refractivity (Wildman–Crippen MR) is 55.0 cm³/mol. The number of esters is 1. The second-order valence-corrected chi connectivity index (χ2v) is 3.75. The third kappa shape index (κ3) is 3.62. The van der Waals surface area contributed by atoms with E-state index in [0.29, 0.717) is 10.6 Å². The summed E-state index contributed by atoms with van der Waals surface area (Å²) in [6.45, 7) is 0. The van der Waals surface area contributed by atoms with Crippen LogP contribution in [0.3, 0.4) is 0 Å². The number of carbonyl (C=O) groups excluding carboxylic acids is 1. The summed E-state index contributed by atoms with van der Waals surface area (Å²) < 4.78 is 4.44. The lowest BCUT2D eigenvalue weighted by Crippen LogP contribution is -2.22. The van der Waals surface area contributed by atoms with Crippen molar-refractivity contribution in [2.24, 2.45) is 0 Å². The molecule has 1 heterocycles. The Morgan fingerprint density at radius 1 is 1.53 bits per heavy atom. The fourth-order valence-electron chi connectivity index (χ4n) is 0.851. The molecule has 2 N–H and O–H groups in total. The van der Waals surface area contributed by atoms with Crippen LogP contribution in [-0.4, -0.2) is 28.8 Å². The number of nitrogens with one attached hydrogen (secondary N) is 2. The van der Waals surface area contributed by atoms with E-state index in [-0.39, 0.29) is 12.4 Å². The lowest BCUT2D eigenvalue weighted by Gasteiger charge is -1.98. The van der Waals surface area contributed by atoms with Gasteiger partial charge in [0.25, 0.3) is 5.56 Å². The van der Waals surface area contributed by atoms with Crippen molar-refractivity contribution >= 4 is 17.7 Å². The quantitative estimate of drug-likeness (QED) is 0.548. The smallest absolute Gasteiger partial charge is 0.325 e. The minimum absolute atomic E-state index is 0.222. The van der Waals surface area contributed by atoms with Crippen LogP contribution in [0.25, 0.3) is 0 Å². The third-order valence-corrected chi connectivity index (χ3v) is 2.60. The number of aromatic amines is 2. The molecule has 0 atom stereocenters. The Morgan fingerprint density at radius 2 is 2.27 bits per heavy atom. The zero-order chi connectivity index (χ0) is 11.3. The molecular formula is C8H10N2O4S. The summed E-state index contributed by atoms with van der Waals surface area (Å²) in [5.41, 5.74) is -0.995. The van der Waals surface area contributed by atoms with Crippen LogP contribution in [0.5, 0.6) is 0 Å². The molecule has 82 valence electrons. The Hall–Kier alpha value is -1.50. The summed E-state index contributed by atoms with van der Waals surface area (Å²) in [5, 5.41) is 0. The molecule has 0 saturated heterocycles. The van der Waals surface area contributed by atoms with Crippen molar-refractivity contribution < 1.29 is 9.53 Å². The van der Waals surface area contributed by atoms with Crippen LogP contribution in [-0.2, 0) is 9.53 Å². The Kier molecular flexibility index (Phi) is 4.17. The molecule has 0 bridgehead atoms. The van der Waals surface area contributed by atoms with Gasteiger partial charge in [0, 0.05) is 11.9 Å². The Bertz CT molecular complexity index is 450. The fourth-order valence-corrected chi connectivity index (χ4v) is 1.66. The third-order valence-electron chi connectivity index (χ3n) is 1.58. The molecule has 7 heteroatoms. The largest absolute Gasteiger partial charge is 0.469 e. The highest BCUT2D eigenvalue weighted by Crippen LogP contribution is 2.11. The molecule has 0 fully saturated rings. The molecular weight excluding hydrogens is 220 g/mol. The molecule has 0 saturated carbocycles. The second kappa shape index (κ2) is 5.40. The highest BCUT2D eigenvalue weighted by Gasteiger charge is 2.04. The van der Waals surface area contributed by atoms with E-state index >= 15 is 0 Å². The summed E-state index contributed by atoms with van der Waals surface area (Å²) in [6, 6.07) is 0. The zero-order valence-corrected chi connectivity index (χ0v) is 8.85. The van der Waals surface area contributed by atoms with E-state index in [4.69, 9.17) is 0 Å². The Labute approximate surface area is 89.1 Å². The summed E-state index contributed by atoms with van der Waals surface area (Å²) in [4.78, 5) is 37.4. The van der Waals surface area contributed by atoms with Crippen molar-refractivity contribution in [3.8, 4) is 0 Å². The van der Waals surface area contributed by atoms with Gasteiger partial charge in [0.05, 0.1) is 18.4 Å². The summed E-state index contributed by atoms with van der Waals surface area (Å²) in [7, 11) is 1.31. The van der Waals surface area contributed by atoms with Gasteiger partial charge in [-0.1, -0.05) is 0 Å². The molecule has 0 aliphatic rings. The highest BCUT2D eigenvalue weighted by molar-refractivity contribution is 7.99. The van der Waals surface area contributed by atoms with Gasteiger partial charge in [-0.05, 0) is 0 Å². The minimum atomic E-state index is -0.544. The van der Waals surface area contributed by atoms with E-state index in [1.165, 1.54) is 25.1 Å². The van der Waals surface area contributed by atoms with E-state index in [1.807, 2.05) is 0 Å². The molecule has 1 rings (SSSR count). The van der Waals surface area contributed by atoms with E-state index in [0.717, 1.165) is 0 Å². The second-order valence-electron chi connectivity index (χ2n) is 2.61. The van der Waals surface area contributed by atoms with Gasteiger partial charge in [0.15, 0.2) is 0 Å². The first kappa shape index (κ1) is 11.6. The molecule has 0 unspecified atom stereocenters. The Morgan fingerprint density at radius 3 is 2.87 bits per heavy atom. The van der Waals surface area contributed by atoms with Crippen LogP contribution in [0.15, 0.2) is 20.7 Å². The SMILES string of the molecule is COC(=O)CCSc1c[nH]c(=O)[nH]c1=O. The van der Waals surface area contributed by atoms with Crippen molar-refractivity contribution in [2.75, 3.05) is 12.9 Å². The first-order valence-electron chi connectivity index (χ1n) is 4.15. The van der Waals surface area contributed by atoms with Gasteiger partial charge < -0.3 is 9.72 Å². The summed E-state index contributed by atoms with van der Waals surface area (Å²) in [6.07, 6.45) is 1.54. The molecule has 1 aromatic heterocycles. The van der Waals surface area contributed by atoms with E-state index in [1.54, 1.807) is 0 Å². The van der Waals surface area contributed by atoms with Crippen molar-refractivity contribution in [1.29, 1.82) is 0 Å². The number of rotatable bonds is 4. The monoisotopic (exact) mass is 230 g/mol. The van der Waals surface area contributed by atoms with Crippen LogP contribution >= 0.6 is 11.8 Å². The Balaban J connectivity index is 2.55. The van der Waals surface area contributed by atoms with Gasteiger partial charge in [-0.3, -0.25) is 14.6 Å². The van der Waals surface area contributed by atoms with Crippen molar-refractivity contribution in [2.45, 2.75) is 11.3 Å². The van der Waals surface area contributed by atoms with E-state index < -0.39 is 11.2 Å². The van der Waals surface area contributed by atoms with Gasteiger partial charge in [-0.2, -0.15) is 0 Å². The molecule has 0 aromatic carbocycles. The summed E-state index contributed by atoms with van der Waals surface area (Å²) >= 11 is 1.18. The number of hydrogen-bond acceptors (Lipinski definition) is 5. The maximum absolute atomic E-state index is 11.2. The molecule has 6 nitrogen and oxygen atoms in total. The number of ether oxygens (including phenoxy) is 1. The van der Waals surface area contributed by atoms with Gasteiger partial charge in [-0.15, -0.1) is 11.8 Å². The molecule has 1 aromatic rings. The molecule has 15 heavy (non-hydrogen) atoms. The first-order chi connectivity index (χ1) is 7.13. The lowest BCUT2D eigenvalue weighted by molar-refractivity contribution is -0.140. The predicted octanol–water partition coefficient (Wildman–Crippen LogP) is -0.282. The van der Waals surface area contributed by atoms with E-state index in [2.05, 4.69) is 14.7 Å². The average Bonchev–Trinajstić information content (AvgIpc) is 2.21. The molecule has 0 amide bonds. The first-order valence-corrected chi connectivity index (χ1v) is 5.13. The molecule has 0 aliphatic heterocycles. The standard InChI is InChI=1S/C8H10N2O4S/c1-14-6(11)2-3-15-5-4-9-8(13)10-7(5)12/h4H,2-3H2,1H3,(H2,9,10,12,13). The van der Waals surface area contributed by atoms with Crippen molar-refractivity contribution in [3.63, 3.8) is 0 Å². The molecule has 0 spiro atoms. The summed E-state index contributed by atoms with van der Waals surface area (Å²) in [5.74, 6) is 0.102. The number of carbonyl (C=O) groups is 1. The van der Waals surface area contributed by atoms with Crippen LogP contribution in [0.4, 0.5) is 0 Å². The normalized spacial score (nSPS) is 9.93. The highest BCUT2D eigenvalue weighted by atomic mass is 32.2. The van der Waals surface area contributed by atoms with Crippen LogP contribution < -0.4 is 11.2 Å². The maximum atomic E-state index is 11.2. The fraction of sp³-hybridized carbons (Fsp3) is 0.375. The van der Waals surface area contributed by atoms with Gasteiger partial charge in [-0.25, -0.2) is 4.79 Å². The van der Waals surface area contributed by atoms with Gasteiger partial charge in [0.1, 0.15) is 0 Å². The molecule has 0 aliphatic carbocycles. The van der Waals surface area contributed by atoms with Crippen LogP contribution in [0.1, 0.15) is 6.42 Å². The number of aromatic nitrogens is 2. The van der Waals surface area contributed by atoms with E-state index in [9.17, 15) is 14.4 Å². The van der Waals surface area contributed by atoms with Crippen molar-refractivity contribution in [1.82, 2.24) is 9.97 Å². The maximum Gasteiger partial charge on any atom is 0.325 e. The number of H-pyrrole nitrogens is 2. The zero-order valence-electron chi connectivity index (χ0n) is 8.03.